The van der Waals surface area contributed by atoms with Gasteiger partial charge in [0, 0.05) is 24.6 Å². The lowest BCUT2D eigenvalue weighted by Gasteiger charge is -2.05. The first-order valence-electron chi connectivity index (χ1n) is 7.33. The number of hydrogen-bond donors (Lipinski definition) is 0. The zero-order chi connectivity index (χ0) is 15.8. The molecule has 0 saturated carbocycles. The van der Waals surface area contributed by atoms with Gasteiger partial charge in [0.2, 0.25) is 0 Å². The average Bonchev–Trinajstić information content (AvgIpc) is 2.49. The number of aryl methyl sites for hydroxylation is 1. The van der Waals surface area contributed by atoms with E-state index in [0.29, 0.717) is 13.2 Å². The van der Waals surface area contributed by atoms with Crippen molar-refractivity contribution in [3.05, 3.63) is 70.8 Å². The Morgan fingerprint density at radius 2 is 2.00 bits per heavy atom. The van der Waals surface area contributed by atoms with Gasteiger partial charge in [-0.2, -0.15) is 0 Å². The molecule has 0 unspecified atom stereocenters. The summed E-state index contributed by atoms with van der Waals surface area (Å²) in [6.07, 6.45) is 2.69. The van der Waals surface area contributed by atoms with Gasteiger partial charge in [0.15, 0.2) is 0 Å². The number of ether oxygens (including phenoxy) is 1. The van der Waals surface area contributed by atoms with Crippen molar-refractivity contribution in [2.24, 2.45) is 4.99 Å². The third kappa shape index (κ3) is 5.17. The number of hydrogen-bond acceptors (Lipinski definition) is 3. The second-order valence-electron chi connectivity index (χ2n) is 5.31. The summed E-state index contributed by atoms with van der Waals surface area (Å²) in [5.74, 6) is 0. The molecule has 22 heavy (non-hydrogen) atoms. The molecule has 2 aromatic carbocycles. The van der Waals surface area contributed by atoms with E-state index in [-0.39, 0.29) is 0 Å². The fraction of sp³-hybridized carbons (Fsp3) is 0.263. The molecule has 0 aliphatic heterocycles. The van der Waals surface area contributed by atoms with E-state index in [9.17, 15) is 0 Å². The molecule has 0 aromatic heterocycles. The minimum atomic E-state index is 0.574. The molecular formula is C19H21NOS. The monoisotopic (exact) mass is 311 g/mol. The van der Waals surface area contributed by atoms with Crippen LogP contribution >= 0.6 is 12.2 Å². The van der Waals surface area contributed by atoms with Crippen molar-refractivity contribution in [1.29, 1.82) is 0 Å². The topological polar surface area (TPSA) is 21.6 Å². The van der Waals surface area contributed by atoms with Gasteiger partial charge in [-0.1, -0.05) is 66.3 Å². The molecule has 0 fully saturated rings. The Morgan fingerprint density at radius 1 is 1.18 bits per heavy atom. The molecule has 0 heterocycles. The van der Waals surface area contributed by atoms with Crippen LogP contribution in [0.25, 0.3) is 0 Å². The fourth-order valence-corrected chi connectivity index (χ4v) is 2.54. The molecule has 0 amide bonds. The first-order chi connectivity index (χ1) is 10.7. The second kappa shape index (κ2) is 8.57. The first kappa shape index (κ1) is 16.5. The predicted molar refractivity (Wildman–Crippen MR) is 97.1 cm³/mol. The molecule has 0 atom stereocenters. The number of rotatable bonds is 7. The van der Waals surface area contributed by atoms with E-state index in [4.69, 9.17) is 17.0 Å². The molecule has 0 N–H and O–H groups in total. The van der Waals surface area contributed by atoms with Crippen molar-refractivity contribution in [3.8, 4) is 0 Å². The van der Waals surface area contributed by atoms with Crippen LogP contribution in [-0.2, 0) is 17.8 Å². The van der Waals surface area contributed by atoms with Gasteiger partial charge in [-0.25, -0.2) is 0 Å². The van der Waals surface area contributed by atoms with Crippen molar-refractivity contribution in [2.75, 3.05) is 13.7 Å². The maximum absolute atomic E-state index is 5.44. The SMILES string of the molecule is COCc1ccccc1C=NCC(=S)Cc1cccc(C)c1. The zero-order valence-corrected chi connectivity index (χ0v) is 13.9. The van der Waals surface area contributed by atoms with Crippen molar-refractivity contribution >= 4 is 23.3 Å². The summed E-state index contributed by atoms with van der Waals surface area (Å²) in [5, 5.41) is 0. The van der Waals surface area contributed by atoms with Crippen LogP contribution in [0, 0.1) is 6.92 Å². The molecular weight excluding hydrogens is 290 g/mol. The zero-order valence-electron chi connectivity index (χ0n) is 13.1. The number of aliphatic imine (C=N–C) groups is 1. The molecule has 2 nitrogen and oxygen atoms in total. The summed E-state index contributed by atoms with van der Waals surface area (Å²) in [4.78, 5) is 5.43. The number of methoxy groups -OCH3 is 1. The van der Waals surface area contributed by atoms with Gasteiger partial charge < -0.3 is 4.74 Å². The molecule has 0 aliphatic carbocycles. The Hall–Kier alpha value is -1.84. The van der Waals surface area contributed by atoms with Crippen LogP contribution in [-0.4, -0.2) is 24.7 Å². The van der Waals surface area contributed by atoms with Crippen LogP contribution in [0.5, 0.6) is 0 Å². The highest BCUT2D eigenvalue weighted by atomic mass is 32.1. The van der Waals surface area contributed by atoms with Gasteiger partial charge in [-0.3, -0.25) is 4.99 Å². The summed E-state index contributed by atoms with van der Waals surface area (Å²) in [7, 11) is 1.70. The highest BCUT2D eigenvalue weighted by Crippen LogP contribution is 2.08. The molecule has 0 aliphatic rings. The normalized spacial score (nSPS) is 11.0. The predicted octanol–water partition coefficient (Wildman–Crippen LogP) is 4.17. The summed E-state index contributed by atoms with van der Waals surface area (Å²) in [6, 6.07) is 16.5. The van der Waals surface area contributed by atoms with Crippen molar-refractivity contribution in [2.45, 2.75) is 20.0 Å². The smallest absolute Gasteiger partial charge is 0.0719 e. The van der Waals surface area contributed by atoms with Crippen LogP contribution in [0.2, 0.25) is 0 Å². The number of nitrogens with zero attached hydrogens (tertiary/aromatic N) is 1. The highest BCUT2D eigenvalue weighted by Gasteiger charge is 2.00. The van der Waals surface area contributed by atoms with E-state index < -0.39 is 0 Å². The maximum atomic E-state index is 5.44. The van der Waals surface area contributed by atoms with Gasteiger partial charge in [-0.05, 0) is 23.6 Å². The van der Waals surface area contributed by atoms with Crippen molar-refractivity contribution in [1.82, 2.24) is 0 Å². The molecule has 0 bridgehead atoms. The van der Waals surface area contributed by atoms with E-state index >= 15 is 0 Å². The molecule has 114 valence electrons. The lowest BCUT2D eigenvalue weighted by atomic mass is 10.1. The molecule has 2 rings (SSSR count). The van der Waals surface area contributed by atoms with Gasteiger partial charge in [0.25, 0.3) is 0 Å². The Bertz CT molecular complexity index is 664. The molecule has 0 radical (unpaired) electrons. The van der Waals surface area contributed by atoms with Crippen LogP contribution in [0.4, 0.5) is 0 Å². The van der Waals surface area contributed by atoms with Gasteiger partial charge >= 0.3 is 0 Å². The van der Waals surface area contributed by atoms with E-state index in [1.165, 1.54) is 11.1 Å². The van der Waals surface area contributed by atoms with Crippen LogP contribution in [0.3, 0.4) is 0 Å². The van der Waals surface area contributed by atoms with E-state index in [1.54, 1.807) is 7.11 Å². The van der Waals surface area contributed by atoms with Gasteiger partial charge in [0.05, 0.1) is 13.2 Å². The third-order valence-electron chi connectivity index (χ3n) is 3.34. The van der Waals surface area contributed by atoms with E-state index in [1.807, 2.05) is 24.4 Å². The number of benzene rings is 2. The third-order valence-corrected chi connectivity index (χ3v) is 3.61. The number of thiocarbonyl (C=S) groups is 1. The lowest BCUT2D eigenvalue weighted by Crippen LogP contribution is -2.05. The Labute approximate surface area is 137 Å². The fourth-order valence-electron chi connectivity index (χ4n) is 2.30. The molecule has 0 saturated heterocycles. The maximum Gasteiger partial charge on any atom is 0.0719 e. The summed E-state index contributed by atoms with van der Waals surface area (Å²) in [5.41, 5.74) is 4.73. The minimum Gasteiger partial charge on any atom is -0.380 e. The molecule has 3 heteroatoms. The Kier molecular flexibility index (Phi) is 6.44. The van der Waals surface area contributed by atoms with E-state index in [0.717, 1.165) is 22.4 Å². The second-order valence-corrected chi connectivity index (χ2v) is 5.88. The first-order valence-corrected chi connectivity index (χ1v) is 7.74. The Balaban J connectivity index is 1.93. The minimum absolute atomic E-state index is 0.574. The average molecular weight is 311 g/mol. The Morgan fingerprint density at radius 3 is 2.77 bits per heavy atom. The molecule has 0 spiro atoms. The lowest BCUT2D eigenvalue weighted by molar-refractivity contribution is 0.185. The van der Waals surface area contributed by atoms with Crippen molar-refractivity contribution in [3.63, 3.8) is 0 Å². The van der Waals surface area contributed by atoms with Gasteiger partial charge in [-0.15, -0.1) is 0 Å². The van der Waals surface area contributed by atoms with Crippen LogP contribution in [0.1, 0.15) is 22.3 Å². The standard InChI is InChI=1S/C19H21NOS/c1-15-6-5-7-16(10-15)11-19(22)13-20-12-17-8-3-4-9-18(17)14-21-2/h3-10,12H,11,13-14H2,1-2H3. The largest absolute Gasteiger partial charge is 0.380 e. The summed E-state index contributed by atoms with van der Waals surface area (Å²) >= 11 is 5.44. The highest BCUT2D eigenvalue weighted by molar-refractivity contribution is 7.80. The molecule has 2 aromatic rings. The summed E-state index contributed by atoms with van der Waals surface area (Å²) in [6.45, 7) is 3.26. The van der Waals surface area contributed by atoms with Crippen LogP contribution in [0.15, 0.2) is 53.5 Å². The van der Waals surface area contributed by atoms with Gasteiger partial charge in [0.1, 0.15) is 0 Å². The summed E-state index contributed by atoms with van der Waals surface area (Å²) < 4.78 is 5.20. The quantitative estimate of drug-likeness (QED) is 0.565. The van der Waals surface area contributed by atoms with Crippen molar-refractivity contribution < 1.29 is 4.74 Å². The van der Waals surface area contributed by atoms with Crippen LogP contribution < -0.4 is 0 Å². The van der Waals surface area contributed by atoms with E-state index in [2.05, 4.69) is 42.2 Å².